The van der Waals surface area contributed by atoms with Crippen molar-refractivity contribution in [1.82, 2.24) is 58.9 Å². The Balaban J connectivity index is 0.894. The number of amides is 1. The van der Waals surface area contributed by atoms with Crippen molar-refractivity contribution < 1.29 is 104 Å². The van der Waals surface area contributed by atoms with Crippen molar-refractivity contribution in [2.75, 3.05) is 51.2 Å². The number of methoxy groups -OCH3 is 1. The predicted octanol–water partition coefficient (Wildman–Crippen LogP) is -4.49. The van der Waals surface area contributed by atoms with Gasteiger partial charge >= 0.3 is 29.0 Å². The number of aliphatic hydroxyl groups is 3. The second kappa shape index (κ2) is 22.0. The zero-order chi connectivity index (χ0) is 57.3. The molecule has 432 valence electrons. The van der Waals surface area contributed by atoms with Crippen LogP contribution in [0, 0.1) is 5.92 Å². The van der Waals surface area contributed by atoms with Crippen molar-refractivity contribution >= 4 is 88.2 Å². The first-order chi connectivity index (χ1) is 37.1. The monoisotopic (exact) mass is 1200 g/mol. The second-order valence-corrected chi connectivity index (χ2v) is 24.4. The number of aliphatic hydroxyl groups excluding tert-OH is 3. The Kier molecular flexibility index (Phi) is 16.2. The van der Waals surface area contributed by atoms with E-state index in [4.69, 9.17) is 49.7 Å². The molecule has 0 spiro atoms. The third-order valence-electron chi connectivity index (χ3n) is 12.9. The number of anilines is 3. The number of carbonyl (C=O) groups is 1. The Morgan fingerprint density at radius 1 is 0.747 bits per heavy atom. The molecule has 3 saturated heterocycles. The third kappa shape index (κ3) is 11.7. The van der Waals surface area contributed by atoms with Crippen molar-refractivity contribution in [3.05, 3.63) is 46.0 Å². The van der Waals surface area contributed by atoms with Crippen LogP contribution in [0.2, 0.25) is 0 Å². The number of nitrogens with zero attached hydrogens (tertiary/aromatic N) is 10. The molecule has 0 aromatic carbocycles. The molecule has 0 saturated carbocycles. The molecule has 16 atom stereocenters. The Labute approximate surface area is 439 Å². The lowest BCUT2D eigenvalue weighted by Crippen LogP contribution is -2.40. The number of ether oxygens (including phenoxy) is 4. The summed E-state index contributed by atoms with van der Waals surface area (Å²) in [5.41, 5.74) is 13.4. The van der Waals surface area contributed by atoms with Gasteiger partial charge in [0.2, 0.25) is 30.4 Å². The summed E-state index contributed by atoms with van der Waals surface area (Å²) in [7, 11) is -19.8. The van der Waals surface area contributed by atoms with Gasteiger partial charge in [0.15, 0.2) is 35.1 Å². The molecular formula is C36H50N16O23P4. The van der Waals surface area contributed by atoms with Crippen molar-refractivity contribution in [2.45, 2.75) is 79.9 Å². The molecule has 0 bridgehead atoms. The summed E-state index contributed by atoms with van der Waals surface area (Å²) >= 11 is 0. The largest absolute Gasteiger partial charge is 0.778 e. The quantitative estimate of drug-likeness (QED) is 0.0239. The van der Waals surface area contributed by atoms with Crippen molar-refractivity contribution in [1.29, 1.82) is 0 Å². The molecule has 6 aromatic rings. The SMILES string of the molecule is CNC(=O)CC[C@@H]1[C@@H](COP(=O)(O)OP(=O)(O)OP(=O)(O)OCC2O[C@@H](n3cnc4c(N)ncnc43)[C@H](OC)[C@@H]2P(=O)([O-])OC[C@H]2O[C@@H](n3cnc4c(=O)[nH]c(N)nc43)[C@H](O)[C@@H]2O)OC(n2c[n+](C)c3c(=O)[nH]c(N)nc32)[C@@H]1O. The van der Waals surface area contributed by atoms with E-state index >= 15 is 0 Å². The molecule has 3 fully saturated rings. The Bertz CT molecular complexity index is 3620. The number of phosphoric acid groups is 3. The van der Waals surface area contributed by atoms with Crippen LogP contribution in [0.25, 0.3) is 33.5 Å². The van der Waals surface area contributed by atoms with Crippen LogP contribution in [0.3, 0.4) is 0 Å². The number of rotatable bonds is 21. The van der Waals surface area contributed by atoms with Crippen LogP contribution < -0.4 is 43.1 Å². The highest BCUT2D eigenvalue weighted by Gasteiger charge is 2.55. The smallest absolute Gasteiger partial charge is 0.490 e. The van der Waals surface area contributed by atoms with Crippen molar-refractivity contribution in [3.8, 4) is 0 Å². The summed E-state index contributed by atoms with van der Waals surface area (Å²) in [6, 6.07) is 0. The zero-order valence-corrected chi connectivity index (χ0v) is 44.5. The first-order valence-corrected chi connectivity index (χ1v) is 29.0. The highest BCUT2D eigenvalue weighted by molar-refractivity contribution is 7.66. The fourth-order valence-corrected chi connectivity index (χ4v) is 14.6. The summed E-state index contributed by atoms with van der Waals surface area (Å²) in [4.78, 5) is 112. The summed E-state index contributed by atoms with van der Waals surface area (Å²) in [6.45, 7) is -3.40. The Hall–Kier alpha value is -5.60. The maximum atomic E-state index is 14.3. The van der Waals surface area contributed by atoms with Gasteiger partial charge in [-0.05, 0) is 6.42 Å². The molecule has 0 radical (unpaired) electrons. The number of aryl methyl sites for hydroxylation is 1. The van der Waals surface area contributed by atoms with Crippen LogP contribution in [0.5, 0.6) is 0 Å². The van der Waals surface area contributed by atoms with E-state index in [0.29, 0.717) is 0 Å². The first kappa shape index (κ1) is 58.1. The number of hydrogen-bond acceptors (Lipinski definition) is 29. The van der Waals surface area contributed by atoms with E-state index in [1.165, 1.54) is 29.6 Å². The van der Waals surface area contributed by atoms with E-state index in [1.54, 1.807) is 0 Å². The van der Waals surface area contributed by atoms with Gasteiger partial charge < -0.3 is 85.4 Å². The van der Waals surface area contributed by atoms with Crippen LogP contribution in [0.1, 0.15) is 31.5 Å². The van der Waals surface area contributed by atoms with E-state index in [-0.39, 0.29) is 64.0 Å². The Morgan fingerprint density at radius 2 is 1.32 bits per heavy atom. The summed E-state index contributed by atoms with van der Waals surface area (Å²) in [5.74, 6) is -2.30. The number of carbonyl (C=O) groups excluding carboxylic acids is 1. The minimum atomic E-state index is -6.25. The highest BCUT2D eigenvalue weighted by Crippen LogP contribution is 2.68. The highest BCUT2D eigenvalue weighted by atomic mass is 31.3. The fourth-order valence-electron chi connectivity index (χ4n) is 9.34. The lowest BCUT2D eigenvalue weighted by Gasteiger charge is -2.35. The van der Waals surface area contributed by atoms with Gasteiger partial charge in [-0.1, -0.05) is 0 Å². The number of nitrogen functional groups attached to an aromatic ring is 3. The average molecular weight is 1200 g/mol. The molecule has 9 rings (SSSR count). The number of nitrogens with one attached hydrogen (secondary N) is 3. The standard InChI is InChI=1S/C36H50N16O23P4/c1-40-17(53)5-4-13-14(71-32(21(13)54)52-12-49(2)20-29(52)46-36(39)48-31(20)58)6-69-77(61,62)74-79(65,66)75-78(63,64)70-8-16-25(24(67-3)34(73-16)50-10-43-18-26(37)41-9-42-27(18)50)76(59,60)68-7-15-22(55)23(56)33(72-15)51-11-44-19-28(51)45-35(38)47-30(19)57/h9-16,21-25,32-34,54-56H,4-8H2,1-3H3,(H12-,37,38,39,40,41,42,45,46,47,48,53,57,58,59,60,61,62,63,64,65,66)/t13-,14-,15-,16?,21-,22-,23-,24-,25-,32?,33-,34-/m1/s1. The van der Waals surface area contributed by atoms with Gasteiger partial charge in [-0.3, -0.25) is 42.5 Å². The van der Waals surface area contributed by atoms with Crippen LogP contribution >= 0.6 is 31.1 Å². The molecule has 6 unspecified atom stereocenters. The van der Waals surface area contributed by atoms with Crippen LogP contribution in [0.15, 0.2) is 34.9 Å². The molecule has 15 N–H and O–H groups in total. The molecule has 79 heavy (non-hydrogen) atoms. The minimum absolute atomic E-state index is 0.00351. The molecule has 9 heterocycles. The number of imidazole rings is 3. The normalized spacial score (nSPS) is 29.4. The van der Waals surface area contributed by atoms with Crippen LogP contribution in [0.4, 0.5) is 17.7 Å². The van der Waals surface area contributed by atoms with Crippen molar-refractivity contribution in [3.63, 3.8) is 0 Å². The second-order valence-electron chi connectivity index (χ2n) is 17.8. The molecule has 3 aliphatic heterocycles. The maximum absolute atomic E-state index is 14.3. The summed E-state index contributed by atoms with van der Waals surface area (Å²) < 4.78 is 106. The third-order valence-corrected chi connectivity index (χ3v) is 19.0. The number of aromatic nitrogens is 12. The van der Waals surface area contributed by atoms with E-state index in [2.05, 4.69) is 53.8 Å². The van der Waals surface area contributed by atoms with Crippen LogP contribution in [-0.4, -0.2) is 172 Å². The van der Waals surface area contributed by atoms with E-state index in [0.717, 1.165) is 35.2 Å². The molecule has 6 aromatic heterocycles. The lowest BCUT2D eigenvalue weighted by atomic mass is 9.93. The molecular weight excluding hydrogens is 1150 g/mol. The summed E-state index contributed by atoms with van der Waals surface area (Å²) in [5, 5.41) is 35.8. The van der Waals surface area contributed by atoms with Gasteiger partial charge in [-0.25, -0.2) is 38.2 Å². The number of phosphoric ester groups is 2. The minimum Gasteiger partial charge on any atom is -0.778 e. The van der Waals surface area contributed by atoms with Gasteiger partial charge in [0, 0.05) is 26.5 Å². The number of H-pyrrole nitrogens is 2. The zero-order valence-electron chi connectivity index (χ0n) is 40.9. The average Bonchev–Trinajstić information content (AvgIpc) is 4.36. The number of fused-ring (bicyclic) bond motifs is 3. The molecule has 3 aliphatic rings. The number of aromatic amines is 2. The van der Waals surface area contributed by atoms with E-state index in [9.17, 15) is 67.5 Å². The molecule has 0 aliphatic carbocycles. The Morgan fingerprint density at radius 3 is 1.97 bits per heavy atom. The lowest BCUT2D eigenvalue weighted by molar-refractivity contribution is -0.646. The van der Waals surface area contributed by atoms with E-state index < -0.39 is 141 Å². The van der Waals surface area contributed by atoms with Gasteiger partial charge in [0.1, 0.15) is 50.0 Å². The maximum Gasteiger partial charge on any atom is 0.490 e. The molecule has 43 heteroatoms. The van der Waals surface area contributed by atoms with Gasteiger partial charge in [0.25, 0.3) is 16.7 Å². The predicted molar refractivity (Wildman–Crippen MR) is 256 cm³/mol. The van der Waals surface area contributed by atoms with E-state index in [1.807, 2.05) is 0 Å². The van der Waals surface area contributed by atoms with Crippen LogP contribution in [-0.2, 0) is 71.2 Å². The number of nitrogens with two attached hydrogens (primary N) is 3. The topological polar surface area (TPSA) is 565 Å². The summed E-state index contributed by atoms with van der Waals surface area (Å²) in [6.07, 6.45) is -12.2. The molecule has 39 nitrogen and oxygen atoms in total. The fraction of sp³-hybridized carbons (Fsp3) is 0.556. The van der Waals surface area contributed by atoms with Crippen molar-refractivity contribution in [2.24, 2.45) is 13.0 Å². The number of hydrogen-bond donors (Lipinski definition) is 12. The van der Waals surface area contributed by atoms with Gasteiger partial charge in [-0.15, -0.1) is 0 Å². The van der Waals surface area contributed by atoms with Gasteiger partial charge in [0.05, 0.1) is 57.4 Å². The first-order valence-electron chi connectivity index (χ1n) is 22.9. The van der Waals surface area contributed by atoms with Gasteiger partial charge in [-0.2, -0.15) is 23.2 Å². The molecule has 1 amide bonds.